The van der Waals surface area contributed by atoms with E-state index >= 15 is 0 Å². The van der Waals surface area contributed by atoms with E-state index in [1.807, 2.05) is 11.5 Å². The molecule has 0 aliphatic heterocycles. The van der Waals surface area contributed by atoms with Crippen molar-refractivity contribution >= 4 is 39.6 Å². The third-order valence-electron chi connectivity index (χ3n) is 3.22. The Hall–Kier alpha value is -1.96. The standard InChI is InChI=1S/C15H10FIN2O2/c1-8-18-12-4-2-9(15(20)21)6-14(12)19(8)13-5-3-10(16)7-11(13)17/h2-7H,1H3,(H,20,21). The summed E-state index contributed by atoms with van der Waals surface area (Å²) in [5.41, 5.74) is 2.37. The number of carboxylic acid groups (broad SMARTS) is 1. The first kappa shape index (κ1) is 14.0. The lowest BCUT2D eigenvalue weighted by Gasteiger charge is -2.09. The molecule has 2 aromatic carbocycles. The Balaban J connectivity index is 2.32. The molecule has 0 saturated heterocycles. The second kappa shape index (κ2) is 5.10. The van der Waals surface area contributed by atoms with E-state index in [1.54, 1.807) is 18.2 Å². The van der Waals surface area contributed by atoms with Gasteiger partial charge >= 0.3 is 5.97 Å². The van der Waals surface area contributed by atoms with Crippen LogP contribution in [0.1, 0.15) is 16.2 Å². The molecule has 21 heavy (non-hydrogen) atoms. The molecule has 1 aromatic heterocycles. The fourth-order valence-electron chi connectivity index (χ4n) is 2.30. The van der Waals surface area contributed by atoms with Crippen LogP contribution in [0.5, 0.6) is 0 Å². The summed E-state index contributed by atoms with van der Waals surface area (Å²) in [5.74, 6) is -0.579. The minimum atomic E-state index is -0.990. The number of benzene rings is 2. The number of halogens is 2. The first-order valence-corrected chi connectivity index (χ1v) is 7.23. The smallest absolute Gasteiger partial charge is 0.335 e. The molecule has 0 bridgehead atoms. The van der Waals surface area contributed by atoms with Crippen LogP contribution < -0.4 is 0 Å². The van der Waals surface area contributed by atoms with E-state index in [-0.39, 0.29) is 11.4 Å². The maximum absolute atomic E-state index is 13.3. The molecule has 106 valence electrons. The normalized spacial score (nSPS) is 11.0. The quantitative estimate of drug-likeness (QED) is 0.671. The van der Waals surface area contributed by atoms with Gasteiger partial charge in [0.15, 0.2) is 0 Å². The molecule has 0 radical (unpaired) electrons. The summed E-state index contributed by atoms with van der Waals surface area (Å²) in [5, 5.41) is 9.12. The zero-order valence-corrected chi connectivity index (χ0v) is 13.1. The third-order valence-corrected chi connectivity index (χ3v) is 4.08. The lowest BCUT2D eigenvalue weighted by molar-refractivity contribution is 0.0697. The van der Waals surface area contributed by atoms with Gasteiger partial charge in [0.1, 0.15) is 11.6 Å². The minimum Gasteiger partial charge on any atom is -0.478 e. The molecule has 0 atom stereocenters. The molecule has 0 amide bonds. The van der Waals surface area contributed by atoms with Crippen molar-refractivity contribution < 1.29 is 14.3 Å². The number of imidazole rings is 1. The zero-order valence-electron chi connectivity index (χ0n) is 11.0. The average Bonchev–Trinajstić information content (AvgIpc) is 2.74. The van der Waals surface area contributed by atoms with Crippen LogP contribution in [0.15, 0.2) is 36.4 Å². The maximum Gasteiger partial charge on any atom is 0.335 e. The van der Waals surface area contributed by atoms with Crippen LogP contribution in [0.2, 0.25) is 0 Å². The number of carbonyl (C=O) groups is 1. The summed E-state index contributed by atoms with van der Waals surface area (Å²) in [6, 6.07) is 9.26. The summed E-state index contributed by atoms with van der Waals surface area (Å²) in [6.07, 6.45) is 0. The molecule has 0 spiro atoms. The number of aromatic nitrogens is 2. The molecule has 1 heterocycles. The van der Waals surface area contributed by atoms with Crippen molar-refractivity contribution in [3.8, 4) is 5.69 Å². The molecule has 3 rings (SSSR count). The minimum absolute atomic E-state index is 0.195. The van der Waals surface area contributed by atoms with Crippen molar-refractivity contribution in [2.45, 2.75) is 6.92 Å². The SMILES string of the molecule is Cc1nc2ccc(C(=O)O)cc2n1-c1ccc(F)cc1I. The summed E-state index contributed by atoms with van der Waals surface area (Å²) < 4.78 is 15.8. The molecule has 6 heteroatoms. The summed E-state index contributed by atoms with van der Waals surface area (Å²) in [4.78, 5) is 15.6. The number of hydrogen-bond donors (Lipinski definition) is 1. The second-order valence-corrected chi connectivity index (χ2v) is 5.76. The first-order chi connectivity index (χ1) is 9.97. The number of aryl methyl sites for hydroxylation is 1. The lowest BCUT2D eigenvalue weighted by Crippen LogP contribution is -2.01. The number of hydrogen-bond acceptors (Lipinski definition) is 2. The Bertz CT molecular complexity index is 873. The van der Waals surface area contributed by atoms with Gasteiger partial charge in [0.05, 0.1) is 22.3 Å². The highest BCUT2D eigenvalue weighted by atomic mass is 127. The lowest BCUT2D eigenvalue weighted by atomic mass is 10.2. The van der Waals surface area contributed by atoms with Crippen LogP contribution >= 0.6 is 22.6 Å². The van der Waals surface area contributed by atoms with Gasteiger partial charge in [0.25, 0.3) is 0 Å². The van der Waals surface area contributed by atoms with Gasteiger partial charge < -0.3 is 5.11 Å². The number of fused-ring (bicyclic) bond motifs is 1. The Morgan fingerprint density at radius 3 is 2.71 bits per heavy atom. The molecule has 0 saturated carbocycles. The van der Waals surface area contributed by atoms with Crippen LogP contribution in [-0.2, 0) is 0 Å². The Labute approximate surface area is 133 Å². The van der Waals surface area contributed by atoms with Crippen molar-refractivity contribution in [2.75, 3.05) is 0 Å². The van der Waals surface area contributed by atoms with E-state index in [0.29, 0.717) is 11.0 Å². The van der Waals surface area contributed by atoms with Crippen LogP contribution in [0.25, 0.3) is 16.7 Å². The Morgan fingerprint density at radius 1 is 1.29 bits per heavy atom. The second-order valence-electron chi connectivity index (χ2n) is 4.60. The molecule has 4 nitrogen and oxygen atoms in total. The highest BCUT2D eigenvalue weighted by molar-refractivity contribution is 14.1. The van der Waals surface area contributed by atoms with Crippen molar-refractivity contribution in [3.05, 3.63) is 57.2 Å². The van der Waals surface area contributed by atoms with Crippen molar-refractivity contribution in [2.24, 2.45) is 0 Å². The predicted octanol–water partition coefficient (Wildman–Crippen LogP) is 3.78. The van der Waals surface area contributed by atoms with Gasteiger partial charge in [-0.05, 0) is 65.9 Å². The third kappa shape index (κ3) is 2.39. The van der Waals surface area contributed by atoms with Crippen molar-refractivity contribution in [1.82, 2.24) is 9.55 Å². The topological polar surface area (TPSA) is 55.1 Å². The van der Waals surface area contributed by atoms with E-state index < -0.39 is 5.97 Å². The summed E-state index contributed by atoms with van der Waals surface area (Å²) in [6.45, 7) is 1.83. The van der Waals surface area contributed by atoms with E-state index in [1.165, 1.54) is 18.2 Å². The number of rotatable bonds is 2. The summed E-state index contributed by atoms with van der Waals surface area (Å²) >= 11 is 2.05. The average molecular weight is 396 g/mol. The molecule has 0 aliphatic rings. The molecule has 0 aliphatic carbocycles. The van der Waals surface area contributed by atoms with Gasteiger partial charge in [-0.2, -0.15) is 0 Å². The van der Waals surface area contributed by atoms with Crippen LogP contribution in [0.4, 0.5) is 4.39 Å². The van der Waals surface area contributed by atoms with E-state index in [9.17, 15) is 9.18 Å². The van der Waals surface area contributed by atoms with E-state index in [2.05, 4.69) is 27.6 Å². The fourth-order valence-corrected chi connectivity index (χ4v) is 3.01. The fraction of sp³-hybridized carbons (Fsp3) is 0.0667. The largest absolute Gasteiger partial charge is 0.478 e. The van der Waals surface area contributed by atoms with Gasteiger partial charge in [-0.1, -0.05) is 0 Å². The highest BCUT2D eigenvalue weighted by Gasteiger charge is 2.14. The monoisotopic (exact) mass is 396 g/mol. The Kier molecular flexibility index (Phi) is 3.40. The van der Waals surface area contributed by atoms with E-state index in [4.69, 9.17) is 5.11 Å². The molecule has 3 aromatic rings. The zero-order chi connectivity index (χ0) is 15.1. The Morgan fingerprint density at radius 2 is 2.05 bits per heavy atom. The van der Waals surface area contributed by atoms with Gasteiger partial charge in [0.2, 0.25) is 0 Å². The van der Waals surface area contributed by atoms with Crippen LogP contribution in [0.3, 0.4) is 0 Å². The first-order valence-electron chi connectivity index (χ1n) is 6.15. The van der Waals surface area contributed by atoms with Gasteiger partial charge in [-0.3, -0.25) is 4.57 Å². The van der Waals surface area contributed by atoms with Gasteiger partial charge in [-0.25, -0.2) is 14.2 Å². The number of carboxylic acids is 1. The van der Waals surface area contributed by atoms with E-state index in [0.717, 1.165) is 15.1 Å². The number of aromatic carboxylic acids is 1. The summed E-state index contributed by atoms with van der Waals surface area (Å²) in [7, 11) is 0. The maximum atomic E-state index is 13.3. The number of nitrogens with zero attached hydrogens (tertiary/aromatic N) is 2. The van der Waals surface area contributed by atoms with Crippen molar-refractivity contribution in [3.63, 3.8) is 0 Å². The predicted molar refractivity (Wildman–Crippen MR) is 85.4 cm³/mol. The molecular weight excluding hydrogens is 386 g/mol. The molecule has 0 unspecified atom stereocenters. The van der Waals surface area contributed by atoms with Gasteiger partial charge in [0, 0.05) is 3.57 Å². The van der Waals surface area contributed by atoms with Gasteiger partial charge in [-0.15, -0.1) is 0 Å². The van der Waals surface area contributed by atoms with Crippen LogP contribution in [0, 0.1) is 16.3 Å². The van der Waals surface area contributed by atoms with Crippen molar-refractivity contribution in [1.29, 1.82) is 0 Å². The molecule has 1 N–H and O–H groups in total. The molecular formula is C15H10FIN2O2. The highest BCUT2D eigenvalue weighted by Crippen LogP contribution is 2.26. The molecule has 0 fully saturated rings. The van der Waals surface area contributed by atoms with Crippen LogP contribution in [-0.4, -0.2) is 20.6 Å².